The number of nitrogens with zero attached hydrogens (tertiary/aromatic N) is 2. The predicted molar refractivity (Wildman–Crippen MR) is 112 cm³/mol. The Bertz CT molecular complexity index is 982. The third-order valence-corrected chi connectivity index (χ3v) is 3.95. The average molecular weight is 390 g/mol. The van der Waals surface area contributed by atoms with Crippen molar-refractivity contribution < 1.29 is 14.3 Å². The first kappa shape index (κ1) is 20.0. The summed E-state index contributed by atoms with van der Waals surface area (Å²) < 4.78 is 5.61. The molecule has 0 unspecified atom stereocenters. The normalized spacial score (nSPS) is 10.5. The number of hydrogen-bond donors (Lipinski definition) is 2. The molecule has 29 heavy (non-hydrogen) atoms. The van der Waals surface area contributed by atoms with Gasteiger partial charge in [0, 0.05) is 29.3 Å². The van der Waals surface area contributed by atoms with Crippen LogP contribution < -0.4 is 15.4 Å². The van der Waals surface area contributed by atoms with Gasteiger partial charge in [-0.3, -0.25) is 9.59 Å². The number of nitrogens with one attached hydrogen (secondary N) is 2. The van der Waals surface area contributed by atoms with Crippen molar-refractivity contribution in [3.8, 4) is 5.75 Å². The number of carbonyl (C=O) groups excluding carboxylic acids is 2. The molecule has 1 amide bonds. The Hall–Kier alpha value is -3.74. The molecule has 1 heterocycles. The van der Waals surface area contributed by atoms with Crippen LogP contribution in [0.5, 0.6) is 5.75 Å². The SMILES string of the molecule is CC(=O)c1ccc(NC(=O)c2cnc(Nc3ccc(OC(C)C)cc3)nc2)cc1. The van der Waals surface area contributed by atoms with E-state index in [1.165, 1.54) is 19.3 Å². The molecule has 2 N–H and O–H groups in total. The van der Waals surface area contributed by atoms with E-state index in [-0.39, 0.29) is 17.8 Å². The quantitative estimate of drug-likeness (QED) is 0.579. The Balaban J connectivity index is 1.60. The number of ether oxygens (including phenoxy) is 1. The van der Waals surface area contributed by atoms with Crippen molar-refractivity contribution in [1.82, 2.24) is 9.97 Å². The van der Waals surface area contributed by atoms with Crippen LogP contribution in [0.15, 0.2) is 60.9 Å². The molecule has 0 atom stereocenters. The minimum atomic E-state index is -0.331. The second-order valence-electron chi connectivity index (χ2n) is 6.70. The first-order chi connectivity index (χ1) is 13.9. The predicted octanol–water partition coefficient (Wildman–Crippen LogP) is 4.46. The lowest BCUT2D eigenvalue weighted by Gasteiger charge is -2.10. The van der Waals surface area contributed by atoms with E-state index in [4.69, 9.17) is 4.74 Å². The van der Waals surface area contributed by atoms with E-state index in [1.54, 1.807) is 24.3 Å². The smallest absolute Gasteiger partial charge is 0.258 e. The molecule has 0 spiro atoms. The van der Waals surface area contributed by atoms with Crippen molar-refractivity contribution in [1.29, 1.82) is 0 Å². The van der Waals surface area contributed by atoms with Crippen LogP contribution in [-0.2, 0) is 0 Å². The standard InChI is InChI=1S/C22H22N4O3/c1-14(2)29-20-10-8-19(9-11-20)26-22-23-12-17(13-24-22)21(28)25-18-6-4-16(5-7-18)15(3)27/h4-14H,1-3H3,(H,25,28)(H,23,24,26). The van der Waals surface area contributed by atoms with E-state index in [2.05, 4.69) is 20.6 Å². The summed E-state index contributed by atoms with van der Waals surface area (Å²) >= 11 is 0. The molecule has 0 saturated carbocycles. The lowest BCUT2D eigenvalue weighted by molar-refractivity contribution is 0.101. The van der Waals surface area contributed by atoms with Crippen LogP contribution in [0.3, 0.4) is 0 Å². The van der Waals surface area contributed by atoms with Crippen LogP contribution in [0.1, 0.15) is 41.5 Å². The molecular formula is C22H22N4O3. The fourth-order valence-corrected chi connectivity index (χ4v) is 2.52. The number of benzene rings is 2. The van der Waals surface area contributed by atoms with Crippen LogP contribution in [0.25, 0.3) is 0 Å². The van der Waals surface area contributed by atoms with Gasteiger partial charge >= 0.3 is 0 Å². The van der Waals surface area contributed by atoms with Crippen LogP contribution >= 0.6 is 0 Å². The lowest BCUT2D eigenvalue weighted by atomic mass is 10.1. The Morgan fingerprint density at radius 2 is 1.45 bits per heavy atom. The third kappa shape index (κ3) is 5.62. The van der Waals surface area contributed by atoms with Crippen molar-refractivity contribution in [2.75, 3.05) is 10.6 Å². The molecule has 0 radical (unpaired) electrons. The molecule has 0 bridgehead atoms. The number of aromatic nitrogens is 2. The Labute approximate surface area is 169 Å². The van der Waals surface area contributed by atoms with Crippen molar-refractivity contribution in [2.24, 2.45) is 0 Å². The maximum absolute atomic E-state index is 12.3. The van der Waals surface area contributed by atoms with E-state index in [9.17, 15) is 9.59 Å². The minimum absolute atomic E-state index is 0.0264. The molecule has 0 saturated heterocycles. The van der Waals surface area contributed by atoms with Gasteiger partial charge in [-0.2, -0.15) is 0 Å². The number of anilines is 3. The van der Waals surface area contributed by atoms with Gasteiger partial charge in [-0.15, -0.1) is 0 Å². The summed E-state index contributed by atoms with van der Waals surface area (Å²) in [5.41, 5.74) is 2.31. The molecule has 7 nitrogen and oxygen atoms in total. The number of carbonyl (C=O) groups is 2. The van der Waals surface area contributed by atoms with Crippen molar-refractivity contribution in [2.45, 2.75) is 26.9 Å². The number of rotatable bonds is 7. The van der Waals surface area contributed by atoms with E-state index in [1.807, 2.05) is 38.1 Å². The van der Waals surface area contributed by atoms with Crippen molar-refractivity contribution in [3.63, 3.8) is 0 Å². The zero-order chi connectivity index (χ0) is 20.8. The molecule has 148 valence electrons. The largest absolute Gasteiger partial charge is 0.491 e. The topological polar surface area (TPSA) is 93.2 Å². The zero-order valence-electron chi connectivity index (χ0n) is 16.5. The maximum atomic E-state index is 12.3. The minimum Gasteiger partial charge on any atom is -0.491 e. The summed E-state index contributed by atoms with van der Waals surface area (Å²) in [7, 11) is 0. The van der Waals surface area contributed by atoms with Gasteiger partial charge < -0.3 is 15.4 Å². The summed E-state index contributed by atoms with van der Waals surface area (Å²) in [6, 6.07) is 14.1. The highest BCUT2D eigenvalue weighted by molar-refractivity contribution is 6.04. The van der Waals surface area contributed by atoms with Crippen molar-refractivity contribution >= 4 is 29.0 Å². The summed E-state index contributed by atoms with van der Waals surface area (Å²) in [6.07, 6.45) is 3.01. The molecule has 3 aromatic rings. The van der Waals surface area contributed by atoms with Crippen LogP contribution in [-0.4, -0.2) is 27.8 Å². The number of amides is 1. The summed E-state index contributed by atoms with van der Waals surface area (Å²) in [5.74, 6) is 0.809. The van der Waals surface area contributed by atoms with Gasteiger partial charge in [0.25, 0.3) is 5.91 Å². The van der Waals surface area contributed by atoms with Gasteiger partial charge in [0.2, 0.25) is 5.95 Å². The van der Waals surface area contributed by atoms with Gasteiger partial charge in [-0.05, 0) is 69.3 Å². The van der Waals surface area contributed by atoms with Crippen LogP contribution in [0, 0.1) is 0 Å². The highest BCUT2D eigenvalue weighted by Crippen LogP contribution is 2.19. The Morgan fingerprint density at radius 1 is 0.862 bits per heavy atom. The molecule has 0 aliphatic heterocycles. The summed E-state index contributed by atoms with van der Waals surface area (Å²) in [5, 5.41) is 5.83. The van der Waals surface area contributed by atoms with Gasteiger partial charge in [0.15, 0.2) is 5.78 Å². The van der Waals surface area contributed by atoms with E-state index in [0.717, 1.165) is 11.4 Å². The maximum Gasteiger partial charge on any atom is 0.258 e. The highest BCUT2D eigenvalue weighted by Gasteiger charge is 2.09. The van der Waals surface area contributed by atoms with E-state index >= 15 is 0 Å². The van der Waals surface area contributed by atoms with Gasteiger partial charge in [-0.25, -0.2) is 9.97 Å². The Morgan fingerprint density at radius 3 is 2.00 bits per heavy atom. The third-order valence-electron chi connectivity index (χ3n) is 3.95. The van der Waals surface area contributed by atoms with Gasteiger partial charge in [0.1, 0.15) is 5.75 Å². The number of Topliss-reactive ketones (excluding diaryl/α,β-unsaturated/α-hetero) is 1. The fourth-order valence-electron chi connectivity index (χ4n) is 2.52. The number of ketones is 1. The molecule has 0 aliphatic rings. The molecule has 0 aliphatic carbocycles. The van der Waals surface area contributed by atoms with Crippen LogP contribution in [0.2, 0.25) is 0 Å². The fraction of sp³-hybridized carbons (Fsp3) is 0.182. The Kier molecular flexibility index (Phi) is 6.19. The van der Waals surface area contributed by atoms with E-state index in [0.29, 0.717) is 22.8 Å². The summed E-state index contributed by atoms with van der Waals surface area (Å²) in [6.45, 7) is 5.44. The van der Waals surface area contributed by atoms with E-state index < -0.39 is 0 Å². The van der Waals surface area contributed by atoms with Gasteiger partial charge in [-0.1, -0.05) is 0 Å². The van der Waals surface area contributed by atoms with Crippen molar-refractivity contribution in [3.05, 3.63) is 72.1 Å². The lowest BCUT2D eigenvalue weighted by Crippen LogP contribution is -2.13. The molecular weight excluding hydrogens is 368 g/mol. The summed E-state index contributed by atoms with van der Waals surface area (Å²) in [4.78, 5) is 32.0. The first-order valence-corrected chi connectivity index (χ1v) is 9.19. The second kappa shape index (κ2) is 8.97. The average Bonchev–Trinajstić information content (AvgIpc) is 2.70. The molecule has 7 heteroatoms. The second-order valence-corrected chi connectivity index (χ2v) is 6.70. The zero-order valence-corrected chi connectivity index (χ0v) is 16.5. The molecule has 1 aromatic heterocycles. The first-order valence-electron chi connectivity index (χ1n) is 9.19. The monoisotopic (exact) mass is 390 g/mol. The molecule has 3 rings (SSSR count). The molecule has 0 fully saturated rings. The number of hydrogen-bond acceptors (Lipinski definition) is 6. The molecule has 2 aromatic carbocycles. The van der Waals surface area contributed by atoms with Gasteiger partial charge in [0.05, 0.1) is 11.7 Å². The van der Waals surface area contributed by atoms with Crippen LogP contribution in [0.4, 0.5) is 17.3 Å². The highest BCUT2D eigenvalue weighted by atomic mass is 16.5.